The second kappa shape index (κ2) is 6.92. The van der Waals surface area contributed by atoms with Crippen molar-refractivity contribution >= 4 is 17.0 Å². The number of carbonyl (C=O) groups is 1. The molecule has 0 aliphatic heterocycles. The fraction of sp³-hybridized carbons (Fsp3) is 0.462. The molecular formula is C13H11F6O5S-. The molecule has 0 saturated heterocycles. The fourth-order valence-electron chi connectivity index (χ4n) is 2.33. The molecule has 0 aliphatic carbocycles. The molecule has 0 amide bonds. The molecule has 0 heterocycles. The van der Waals surface area contributed by atoms with Crippen molar-refractivity contribution in [2.45, 2.75) is 37.1 Å². The molecule has 0 saturated carbocycles. The monoisotopic (exact) mass is 393 g/mol. The van der Waals surface area contributed by atoms with Crippen LogP contribution in [0.1, 0.15) is 22.3 Å². The lowest BCUT2D eigenvalue weighted by atomic mass is 9.84. The molecule has 2 N–H and O–H groups in total. The van der Waals surface area contributed by atoms with Gasteiger partial charge in [0, 0.05) is 11.3 Å². The molecule has 1 rings (SSSR count). The molecule has 12 heteroatoms. The van der Waals surface area contributed by atoms with Crippen molar-refractivity contribution in [1.82, 2.24) is 0 Å². The van der Waals surface area contributed by atoms with Gasteiger partial charge in [-0.25, -0.2) is 0 Å². The Balaban J connectivity index is 3.76. The van der Waals surface area contributed by atoms with Gasteiger partial charge in [0.25, 0.3) is 5.60 Å². The van der Waals surface area contributed by atoms with Gasteiger partial charge < -0.3 is 14.8 Å². The standard InChI is InChI=1S/C13H12F6O5S/c1-6-8(4-10(20)21)7(5-25(23)24)2-3-9(6)11(22,12(14,15)16)13(17,18)19/h2-3,22H,4-5H2,1H3,(H,20,21)(H,23,24)/p-1. The maximum atomic E-state index is 13.0. The first-order chi connectivity index (χ1) is 11.1. The zero-order valence-corrected chi connectivity index (χ0v) is 13.2. The van der Waals surface area contributed by atoms with Crippen molar-refractivity contribution in [3.8, 4) is 0 Å². The Bertz CT molecular complexity index is 683. The van der Waals surface area contributed by atoms with E-state index in [9.17, 15) is 45.0 Å². The first-order valence-corrected chi connectivity index (χ1v) is 7.62. The molecule has 0 radical (unpaired) electrons. The molecule has 0 fully saturated rings. The highest BCUT2D eigenvalue weighted by molar-refractivity contribution is 7.78. The third-order valence-electron chi connectivity index (χ3n) is 3.51. The highest BCUT2D eigenvalue weighted by atomic mass is 32.2. The van der Waals surface area contributed by atoms with Gasteiger partial charge in [0.15, 0.2) is 0 Å². The number of alkyl halides is 6. The van der Waals surface area contributed by atoms with Crippen LogP contribution < -0.4 is 0 Å². The van der Waals surface area contributed by atoms with E-state index in [4.69, 9.17) is 5.11 Å². The second-order valence-electron chi connectivity index (χ2n) is 5.10. The number of hydrogen-bond acceptors (Lipinski definition) is 4. The first kappa shape index (κ1) is 21.4. The lowest BCUT2D eigenvalue weighted by molar-refractivity contribution is -0.376. The van der Waals surface area contributed by atoms with Crippen LogP contribution in [0.2, 0.25) is 0 Å². The molecule has 0 aliphatic rings. The summed E-state index contributed by atoms with van der Waals surface area (Å²) in [6.07, 6.45) is -13.3. The van der Waals surface area contributed by atoms with Gasteiger partial charge in [0.1, 0.15) is 0 Å². The minimum Gasteiger partial charge on any atom is -0.772 e. The molecular weight excluding hydrogens is 382 g/mol. The summed E-state index contributed by atoms with van der Waals surface area (Å²) in [5.74, 6) is -2.40. The fourth-order valence-corrected chi connectivity index (χ4v) is 2.85. The minimum atomic E-state index is -6.14. The normalized spacial score (nSPS) is 14.4. The van der Waals surface area contributed by atoms with Crippen LogP contribution in [0.25, 0.3) is 0 Å². The van der Waals surface area contributed by atoms with Gasteiger partial charge in [-0.05, 0) is 23.6 Å². The molecule has 25 heavy (non-hydrogen) atoms. The van der Waals surface area contributed by atoms with E-state index in [0.29, 0.717) is 12.1 Å². The maximum Gasteiger partial charge on any atom is 0.430 e. The van der Waals surface area contributed by atoms with E-state index in [1.807, 2.05) is 0 Å². The molecule has 1 aromatic carbocycles. The van der Waals surface area contributed by atoms with E-state index in [2.05, 4.69) is 0 Å². The number of rotatable bonds is 5. The van der Waals surface area contributed by atoms with Gasteiger partial charge in [0.2, 0.25) is 0 Å². The van der Waals surface area contributed by atoms with Crippen LogP contribution in [0.5, 0.6) is 0 Å². The number of aliphatic carboxylic acids is 1. The Morgan fingerprint density at radius 3 is 2.00 bits per heavy atom. The minimum absolute atomic E-state index is 0.274. The number of carboxylic acid groups (broad SMARTS) is 1. The summed E-state index contributed by atoms with van der Waals surface area (Å²) in [5, 5.41) is 18.3. The predicted molar refractivity (Wildman–Crippen MR) is 71.1 cm³/mol. The largest absolute Gasteiger partial charge is 0.772 e. The Labute approximate surface area is 139 Å². The Kier molecular flexibility index (Phi) is 5.92. The smallest absolute Gasteiger partial charge is 0.430 e. The van der Waals surface area contributed by atoms with Crippen LogP contribution in [-0.2, 0) is 33.6 Å². The third-order valence-corrected chi connectivity index (χ3v) is 4.05. The van der Waals surface area contributed by atoms with Crippen molar-refractivity contribution in [3.63, 3.8) is 0 Å². The molecule has 0 bridgehead atoms. The predicted octanol–water partition coefficient (Wildman–Crippen LogP) is 2.31. The van der Waals surface area contributed by atoms with Gasteiger partial charge in [0.05, 0.1) is 6.42 Å². The number of benzene rings is 1. The van der Waals surface area contributed by atoms with E-state index in [-0.39, 0.29) is 5.56 Å². The molecule has 5 nitrogen and oxygen atoms in total. The second-order valence-corrected chi connectivity index (χ2v) is 6.00. The molecule has 0 spiro atoms. The van der Waals surface area contributed by atoms with E-state index in [1.165, 1.54) is 0 Å². The molecule has 1 aromatic rings. The summed E-state index contributed by atoms with van der Waals surface area (Å²) < 4.78 is 99.4. The average molecular weight is 393 g/mol. The summed E-state index contributed by atoms with van der Waals surface area (Å²) in [7, 11) is 0. The molecule has 1 atom stereocenters. The van der Waals surface area contributed by atoms with Crippen LogP contribution in [0, 0.1) is 6.92 Å². The van der Waals surface area contributed by atoms with E-state index < -0.39 is 63.9 Å². The van der Waals surface area contributed by atoms with Crippen molar-refractivity contribution in [2.24, 2.45) is 0 Å². The van der Waals surface area contributed by atoms with E-state index >= 15 is 0 Å². The molecule has 1 unspecified atom stereocenters. The summed E-state index contributed by atoms with van der Waals surface area (Å²) in [6.45, 7) is 0.757. The van der Waals surface area contributed by atoms with E-state index in [1.54, 1.807) is 0 Å². The van der Waals surface area contributed by atoms with Gasteiger partial charge in [-0.1, -0.05) is 23.2 Å². The summed E-state index contributed by atoms with van der Waals surface area (Å²) in [4.78, 5) is 10.9. The summed E-state index contributed by atoms with van der Waals surface area (Å²) in [5.41, 5.74) is -8.46. The lowest BCUT2D eigenvalue weighted by Gasteiger charge is -2.34. The first-order valence-electron chi connectivity index (χ1n) is 6.38. The van der Waals surface area contributed by atoms with Crippen LogP contribution in [-0.4, -0.2) is 37.3 Å². The topological polar surface area (TPSA) is 97.7 Å². The lowest BCUT2D eigenvalue weighted by Crippen LogP contribution is -2.54. The van der Waals surface area contributed by atoms with Crippen LogP contribution in [0.3, 0.4) is 0 Å². The van der Waals surface area contributed by atoms with Crippen LogP contribution in [0.4, 0.5) is 26.3 Å². The Morgan fingerprint density at radius 2 is 1.64 bits per heavy atom. The number of hydrogen-bond donors (Lipinski definition) is 2. The number of aliphatic hydroxyl groups is 1. The summed E-state index contributed by atoms with van der Waals surface area (Å²) in [6, 6.07) is 0.919. The van der Waals surface area contributed by atoms with Gasteiger partial charge in [-0.3, -0.25) is 9.00 Å². The maximum absolute atomic E-state index is 13.0. The van der Waals surface area contributed by atoms with E-state index in [0.717, 1.165) is 6.92 Å². The highest BCUT2D eigenvalue weighted by Crippen LogP contribution is 2.51. The highest BCUT2D eigenvalue weighted by Gasteiger charge is 2.71. The SMILES string of the molecule is Cc1c(C(O)(C(F)(F)F)C(F)(F)F)ccc(CS(=O)[O-])c1CC(=O)O. The van der Waals surface area contributed by atoms with Gasteiger partial charge in [-0.2, -0.15) is 26.3 Å². The van der Waals surface area contributed by atoms with Crippen molar-refractivity contribution in [3.05, 3.63) is 34.4 Å². The van der Waals surface area contributed by atoms with Crippen molar-refractivity contribution < 1.29 is 50.1 Å². The Morgan fingerprint density at radius 1 is 1.16 bits per heavy atom. The third kappa shape index (κ3) is 4.12. The Hall–Kier alpha value is -1.66. The molecule has 0 aromatic heterocycles. The number of halogens is 6. The number of carboxylic acids is 1. The van der Waals surface area contributed by atoms with Crippen molar-refractivity contribution in [2.75, 3.05) is 0 Å². The van der Waals surface area contributed by atoms with Gasteiger partial charge >= 0.3 is 18.3 Å². The van der Waals surface area contributed by atoms with Crippen LogP contribution in [0.15, 0.2) is 12.1 Å². The van der Waals surface area contributed by atoms with Crippen LogP contribution >= 0.6 is 0 Å². The summed E-state index contributed by atoms with van der Waals surface area (Å²) >= 11 is -2.76. The quantitative estimate of drug-likeness (QED) is 0.591. The van der Waals surface area contributed by atoms with Gasteiger partial charge in [-0.15, -0.1) is 0 Å². The zero-order valence-electron chi connectivity index (χ0n) is 12.4. The average Bonchev–Trinajstić information content (AvgIpc) is 2.38. The zero-order chi connectivity index (χ0) is 19.8. The molecule has 142 valence electrons. The van der Waals surface area contributed by atoms with Crippen molar-refractivity contribution in [1.29, 1.82) is 0 Å².